The third kappa shape index (κ3) is 11.2. The average molecular weight is 573 g/mol. The fraction of sp³-hybridized carbons (Fsp3) is 0.469. The molecule has 10 nitrogen and oxygen atoms in total. The molecule has 1 heterocycles. The Morgan fingerprint density at radius 2 is 1.79 bits per heavy atom. The molecule has 224 valence electrons. The molecule has 10 heteroatoms. The van der Waals surface area contributed by atoms with Crippen LogP contribution in [0.1, 0.15) is 57.6 Å². The zero-order valence-electron chi connectivity index (χ0n) is 25.8. The molecule has 0 bridgehead atoms. The number of nitrogens with one attached hydrogen (secondary N) is 2. The molecule has 0 saturated carbocycles. The summed E-state index contributed by atoms with van der Waals surface area (Å²) >= 11 is 0. The Labute approximate surface area is 250 Å². The van der Waals surface area contributed by atoms with Crippen molar-refractivity contribution in [2.75, 3.05) is 57.5 Å². The highest BCUT2D eigenvalue weighted by Crippen LogP contribution is 2.21. The molecule has 0 aliphatic rings. The minimum Gasteiger partial charge on any atom is -0.355 e. The predicted molar refractivity (Wildman–Crippen MR) is 168 cm³/mol. The largest absolute Gasteiger partial charge is 0.355 e. The van der Waals surface area contributed by atoms with Crippen LogP contribution in [0, 0.1) is 23.2 Å². The summed E-state index contributed by atoms with van der Waals surface area (Å²) in [4.78, 5) is 39.8. The lowest BCUT2D eigenvalue weighted by Gasteiger charge is -2.24. The molecule has 2 N–H and O–H groups in total. The number of nitrogens with zero attached hydrogens (tertiary/aromatic N) is 6. The summed E-state index contributed by atoms with van der Waals surface area (Å²) in [6.07, 6.45) is 8.22. The summed E-state index contributed by atoms with van der Waals surface area (Å²) in [7, 11) is 5.48. The van der Waals surface area contributed by atoms with Gasteiger partial charge < -0.3 is 25.3 Å². The van der Waals surface area contributed by atoms with Crippen molar-refractivity contribution in [2.45, 2.75) is 52.5 Å². The second kappa shape index (κ2) is 18.1. The smallest absolute Gasteiger partial charge is 0.246 e. The Balaban J connectivity index is 2.01. The van der Waals surface area contributed by atoms with Crippen molar-refractivity contribution >= 4 is 29.3 Å². The summed E-state index contributed by atoms with van der Waals surface area (Å²) in [5, 5.41) is 15.2. The summed E-state index contributed by atoms with van der Waals surface area (Å²) in [6, 6.07) is 8.68. The highest BCUT2D eigenvalue weighted by molar-refractivity contribution is 5.92. The zero-order valence-corrected chi connectivity index (χ0v) is 25.8. The maximum absolute atomic E-state index is 12.5. The zero-order chi connectivity index (χ0) is 30.9. The topological polar surface area (TPSA) is 117 Å². The molecule has 42 heavy (non-hydrogen) atoms. The third-order valence-electron chi connectivity index (χ3n) is 6.37. The lowest BCUT2D eigenvalue weighted by atomic mass is 10.2. The van der Waals surface area contributed by atoms with Crippen molar-refractivity contribution in [2.24, 2.45) is 0 Å². The Hall–Kier alpha value is -4.41. The number of hydrogen-bond acceptors (Lipinski definition) is 8. The van der Waals surface area contributed by atoms with E-state index in [9.17, 15) is 9.59 Å². The Morgan fingerprint density at radius 1 is 1.10 bits per heavy atom. The number of nitriles is 1. The first-order chi connectivity index (χ1) is 20.2. The van der Waals surface area contributed by atoms with Crippen LogP contribution < -0.4 is 15.5 Å². The Morgan fingerprint density at radius 3 is 2.40 bits per heavy atom. The normalized spacial score (nSPS) is 11.4. The molecule has 0 radical (unpaired) electrons. The first-order valence-corrected chi connectivity index (χ1v) is 14.4. The van der Waals surface area contributed by atoms with Crippen LogP contribution in [0.4, 0.5) is 17.5 Å². The van der Waals surface area contributed by atoms with Gasteiger partial charge in [-0.3, -0.25) is 9.59 Å². The second-order valence-corrected chi connectivity index (χ2v) is 10.2. The first-order valence-electron chi connectivity index (χ1n) is 14.4. The van der Waals surface area contributed by atoms with Crippen molar-refractivity contribution in [1.82, 2.24) is 25.1 Å². The average Bonchev–Trinajstić information content (AvgIpc) is 2.98. The number of carbonyl (C=O) groups is 2. The van der Waals surface area contributed by atoms with E-state index in [2.05, 4.69) is 52.3 Å². The van der Waals surface area contributed by atoms with Gasteiger partial charge in [-0.1, -0.05) is 31.8 Å². The number of amides is 2. The maximum atomic E-state index is 12.5. The molecule has 2 amide bonds. The van der Waals surface area contributed by atoms with Gasteiger partial charge in [-0.05, 0) is 64.5 Å². The lowest BCUT2D eigenvalue weighted by molar-refractivity contribution is -0.135. The number of anilines is 3. The van der Waals surface area contributed by atoms with Crippen molar-refractivity contribution in [3.63, 3.8) is 0 Å². The van der Waals surface area contributed by atoms with E-state index in [-0.39, 0.29) is 11.8 Å². The van der Waals surface area contributed by atoms with E-state index in [1.54, 1.807) is 38.4 Å². The van der Waals surface area contributed by atoms with E-state index >= 15 is 0 Å². The number of hydrogen-bond donors (Lipinski definition) is 2. The van der Waals surface area contributed by atoms with Crippen LogP contribution in [-0.2, 0) is 9.59 Å². The molecule has 0 saturated heterocycles. The van der Waals surface area contributed by atoms with Crippen molar-refractivity contribution in [3.8, 4) is 17.9 Å². The summed E-state index contributed by atoms with van der Waals surface area (Å²) in [5.74, 6) is 7.28. The van der Waals surface area contributed by atoms with E-state index < -0.39 is 6.04 Å². The van der Waals surface area contributed by atoms with Crippen LogP contribution in [0.3, 0.4) is 0 Å². The van der Waals surface area contributed by atoms with Crippen LogP contribution in [-0.4, -0.2) is 84.9 Å². The highest BCUT2D eigenvalue weighted by atomic mass is 16.2. The van der Waals surface area contributed by atoms with Gasteiger partial charge in [0.25, 0.3) is 0 Å². The fourth-order valence-electron chi connectivity index (χ4n) is 3.93. The number of rotatable bonds is 15. The quantitative estimate of drug-likeness (QED) is 0.187. The van der Waals surface area contributed by atoms with Crippen LogP contribution in [0.15, 0.2) is 42.6 Å². The van der Waals surface area contributed by atoms with E-state index in [1.165, 1.54) is 11.0 Å². The molecule has 0 spiro atoms. The number of likely N-dealkylation sites (N-methyl/N-ethyl adjacent to an activating group) is 2. The first kappa shape index (κ1) is 33.8. The minimum absolute atomic E-state index is 0.198. The molecule has 1 aromatic heterocycles. The van der Waals surface area contributed by atoms with E-state index in [4.69, 9.17) is 10.2 Å². The Bertz CT molecular complexity index is 1280. The van der Waals surface area contributed by atoms with Crippen LogP contribution >= 0.6 is 0 Å². The standard InChI is InChI=1S/C32H44N8O2/c1-7-20-40(21-8-2)30-27(24-35-32(37-30)36-28-17-15-26(23-33)16-18-28)13-10-9-11-19-34-31(42)25(3)39(6)29(41)14-12-22-38(4)5/h12,14-18,24-25H,7-9,11,19-22H2,1-6H3,(H,34,42)(H,35,36,37)/t25-/m0/s1. The molecule has 1 aromatic carbocycles. The third-order valence-corrected chi connectivity index (χ3v) is 6.37. The number of unbranched alkanes of at least 4 members (excludes halogenated alkanes) is 1. The van der Waals surface area contributed by atoms with Gasteiger partial charge in [-0.15, -0.1) is 0 Å². The van der Waals surface area contributed by atoms with Crippen molar-refractivity contribution in [3.05, 3.63) is 53.7 Å². The number of aromatic nitrogens is 2. The molecule has 2 aromatic rings. The van der Waals surface area contributed by atoms with E-state index in [1.807, 2.05) is 31.1 Å². The van der Waals surface area contributed by atoms with Crippen LogP contribution in [0.25, 0.3) is 0 Å². The van der Waals surface area contributed by atoms with Gasteiger partial charge in [0.15, 0.2) is 0 Å². The van der Waals surface area contributed by atoms with Gasteiger partial charge in [0, 0.05) is 51.4 Å². The van der Waals surface area contributed by atoms with Gasteiger partial charge in [-0.25, -0.2) is 4.98 Å². The predicted octanol–water partition coefficient (Wildman–Crippen LogP) is 3.93. The monoisotopic (exact) mass is 572 g/mol. The van der Waals surface area contributed by atoms with Crippen molar-refractivity contribution in [1.29, 1.82) is 5.26 Å². The fourth-order valence-corrected chi connectivity index (χ4v) is 3.93. The van der Waals surface area contributed by atoms with Gasteiger partial charge in [0.2, 0.25) is 17.8 Å². The molecular formula is C32H44N8O2. The van der Waals surface area contributed by atoms with Gasteiger partial charge >= 0.3 is 0 Å². The molecule has 0 unspecified atom stereocenters. The highest BCUT2D eigenvalue weighted by Gasteiger charge is 2.20. The SMILES string of the molecule is CCCN(CCC)c1nc(Nc2ccc(C#N)cc2)ncc1C#CCCCNC(=O)[C@H](C)N(C)C(=O)C=CCN(C)C. The molecule has 0 aliphatic heterocycles. The summed E-state index contributed by atoms with van der Waals surface area (Å²) < 4.78 is 0. The maximum Gasteiger partial charge on any atom is 0.246 e. The number of carbonyl (C=O) groups excluding carboxylic acids is 2. The second-order valence-electron chi connectivity index (χ2n) is 10.2. The summed E-state index contributed by atoms with van der Waals surface area (Å²) in [6.45, 7) is 8.80. The lowest BCUT2D eigenvalue weighted by Crippen LogP contribution is -2.45. The molecule has 2 rings (SSSR count). The van der Waals surface area contributed by atoms with Gasteiger partial charge in [-0.2, -0.15) is 10.2 Å². The molecular weight excluding hydrogens is 528 g/mol. The molecule has 0 aliphatic carbocycles. The van der Waals surface area contributed by atoms with Crippen LogP contribution in [0.2, 0.25) is 0 Å². The molecule has 1 atom stereocenters. The summed E-state index contributed by atoms with van der Waals surface area (Å²) in [5.41, 5.74) is 2.14. The molecule has 0 fully saturated rings. The van der Waals surface area contributed by atoms with Crippen molar-refractivity contribution < 1.29 is 9.59 Å². The minimum atomic E-state index is -0.577. The van der Waals surface area contributed by atoms with E-state index in [0.717, 1.165) is 43.0 Å². The van der Waals surface area contributed by atoms with Gasteiger partial charge in [0.1, 0.15) is 11.9 Å². The van der Waals surface area contributed by atoms with E-state index in [0.29, 0.717) is 37.4 Å². The number of benzene rings is 1. The van der Waals surface area contributed by atoms with Crippen LogP contribution in [0.5, 0.6) is 0 Å². The van der Waals surface area contributed by atoms with Gasteiger partial charge in [0.05, 0.1) is 23.4 Å². The Kier molecular flexibility index (Phi) is 14.6.